The summed E-state index contributed by atoms with van der Waals surface area (Å²) in [6.07, 6.45) is 1.69. The van der Waals surface area contributed by atoms with Gasteiger partial charge >= 0.3 is 0 Å². The van der Waals surface area contributed by atoms with Gasteiger partial charge in [0.1, 0.15) is 5.82 Å². The Bertz CT molecular complexity index is 1660. The zero-order chi connectivity index (χ0) is 24.7. The molecule has 8 heteroatoms. The lowest BCUT2D eigenvalue weighted by atomic mass is 9.96. The topological polar surface area (TPSA) is 101 Å². The van der Waals surface area contributed by atoms with E-state index in [0.29, 0.717) is 27.5 Å². The minimum atomic E-state index is -0.624. The van der Waals surface area contributed by atoms with E-state index in [1.807, 2.05) is 48.5 Å². The number of fused-ring (bicyclic) bond motifs is 2. The van der Waals surface area contributed by atoms with Crippen molar-refractivity contribution in [2.24, 2.45) is 5.41 Å². The summed E-state index contributed by atoms with van der Waals surface area (Å²) in [5.41, 5.74) is 2.78. The number of nitrogens with zero attached hydrogens (tertiary/aromatic N) is 3. The lowest BCUT2D eigenvalue weighted by Crippen LogP contribution is -2.28. The van der Waals surface area contributed by atoms with Gasteiger partial charge in [-0.05, 0) is 18.2 Å². The van der Waals surface area contributed by atoms with Crippen molar-refractivity contribution in [3.05, 3.63) is 82.1 Å². The second-order valence-electron chi connectivity index (χ2n) is 9.27. The number of pyridine rings is 2. The molecule has 3 aromatic heterocycles. The molecule has 0 spiro atoms. The molecule has 0 fully saturated rings. The van der Waals surface area contributed by atoms with Crippen molar-refractivity contribution in [2.45, 2.75) is 20.8 Å². The smallest absolute Gasteiger partial charge is 0.230 e. The van der Waals surface area contributed by atoms with Crippen LogP contribution in [0.3, 0.4) is 0 Å². The number of amides is 1. The van der Waals surface area contributed by atoms with Crippen LogP contribution < -0.4 is 10.7 Å². The highest BCUT2D eigenvalue weighted by molar-refractivity contribution is 6.35. The molecule has 5 aromatic rings. The summed E-state index contributed by atoms with van der Waals surface area (Å²) in [5, 5.41) is 4.09. The molecule has 0 aliphatic carbocycles. The number of benzene rings is 2. The van der Waals surface area contributed by atoms with Crippen LogP contribution in [0.15, 0.2) is 71.7 Å². The average Bonchev–Trinajstić information content (AvgIpc) is 2.83. The van der Waals surface area contributed by atoms with E-state index in [4.69, 9.17) is 21.6 Å². The molecule has 0 saturated heterocycles. The number of halogens is 1. The molecule has 0 aliphatic heterocycles. The molecule has 0 unspecified atom stereocenters. The van der Waals surface area contributed by atoms with Gasteiger partial charge in [-0.25, -0.2) is 9.97 Å². The number of carbonyl (C=O) groups excluding carboxylic acids is 1. The van der Waals surface area contributed by atoms with Crippen LogP contribution in [-0.4, -0.2) is 25.8 Å². The molecule has 0 aliphatic rings. The van der Waals surface area contributed by atoms with E-state index in [9.17, 15) is 9.59 Å². The highest BCUT2D eigenvalue weighted by Crippen LogP contribution is 2.34. The molecule has 5 rings (SSSR count). The van der Waals surface area contributed by atoms with Gasteiger partial charge < -0.3 is 10.3 Å². The third-order valence-electron chi connectivity index (χ3n) is 5.57. The Morgan fingerprint density at radius 3 is 2.40 bits per heavy atom. The molecule has 0 saturated carbocycles. The molecule has 2 N–H and O–H groups in total. The summed E-state index contributed by atoms with van der Waals surface area (Å²) in [4.78, 5) is 42.4. The Morgan fingerprint density at radius 2 is 1.66 bits per heavy atom. The van der Waals surface area contributed by atoms with E-state index in [0.717, 1.165) is 10.9 Å². The fourth-order valence-corrected chi connectivity index (χ4v) is 3.99. The number of nitrogens with one attached hydrogen (secondary N) is 2. The molecule has 2 aromatic carbocycles. The predicted molar refractivity (Wildman–Crippen MR) is 139 cm³/mol. The molecular weight excluding hydrogens is 462 g/mol. The molecular formula is C27H22ClN5O2. The van der Waals surface area contributed by atoms with Crippen molar-refractivity contribution in [1.82, 2.24) is 19.9 Å². The number of aromatic nitrogens is 4. The summed E-state index contributed by atoms with van der Waals surface area (Å²) in [5.74, 6) is 0.0445. The summed E-state index contributed by atoms with van der Waals surface area (Å²) < 4.78 is 0. The third kappa shape index (κ3) is 4.38. The van der Waals surface area contributed by atoms with E-state index < -0.39 is 5.41 Å². The van der Waals surface area contributed by atoms with Crippen molar-refractivity contribution in [3.8, 4) is 22.5 Å². The van der Waals surface area contributed by atoms with Crippen LogP contribution in [0, 0.1) is 5.41 Å². The maximum Gasteiger partial charge on any atom is 0.230 e. The minimum absolute atomic E-state index is 0.163. The van der Waals surface area contributed by atoms with Crippen LogP contribution in [0.5, 0.6) is 0 Å². The van der Waals surface area contributed by atoms with E-state index >= 15 is 0 Å². The maximum atomic E-state index is 13.0. The summed E-state index contributed by atoms with van der Waals surface area (Å²) in [7, 11) is 0. The van der Waals surface area contributed by atoms with E-state index in [-0.39, 0.29) is 28.3 Å². The van der Waals surface area contributed by atoms with Crippen molar-refractivity contribution in [3.63, 3.8) is 0 Å². The molecule has 0 bridgehead atoms. The summed E-state index contributed by atoms with van der Waals surface area (Å²) in [6.45, 7) is 5.39. The van der Waals surface area contributed by atoms with Gasteiger partial charge in [0.25, 0.3) is 0 Å². The zero-order valence-corrected chi connectivity index (χ0v) is 20.1. The zero-order valence-electron chi connectivity index (χ0n) is 19.4. The normalized spacial score (nSPS) is 11.7. The largest absolute Gasteiger partial charge is 0.324 e. The number of aromatic amines is 1. The average molecular weight is 484 g/mol. The quantitative estimate of drug-likeness (QED) is 0.336. The van der Waals surface area contributed by atoms with Gasteiger partial charge in [-0.2, -0.15) is 0 Å². The van der Waals surface area contributed by atoms with Crippen molar-refractivity contribution in [1.29, 1.82) is 0 Å². The highest BCUT2D eigenvalue weighted by Gasteiger charge is 2.22. The molecule has 174 valence electrons. The fourth-order valence-electron chi connectivity index (χ4n) is 3.72. The van der Waals surface area contributed by atoms with Crippen molar-refractivity contribution < 1.29 is 4.79 Å². The number of H-pyrrole nitrogens is 1. The third-order valence-corrected chi connectivity index (χ3v) is 5.85. The van der Waals surface area contributed by atoms with Gasteiger partial charge in [-0.15, -0.1) is 0 Å². The van der Waals surface area contributed by atoms with Crippen molar-refractivity contribution >= 4 is 45.4 Å². The maximum absolute atomic E-state index is 13.0. The lowest BCUT2D eigenvalue weighted by Gasteiger charge is -2.18. The lowest BCUT2D eigenvalue weighted by molar-refractivity contribution is -0.123. The SMILES string of the molecule is CC(C)(C)C(=O)Nc1cc(=O)c2nc(-c3cc(Cl)c4ncccc4c3)c(-c3ccccc3)nc2[nH]1. The van der Waals surface area contributed by atoms with E-state index in [2.05, 4.69) is 15.3 Å². The monoisotopic (exact) mass is 483 g/mol. The summed E-state index contributed by atoms with van der Waals surface area (Å²) >= 11 is 6.55. The number of rotatable bonds is 3. The van der Waals surface area contributed by atoms with Crippen LogP contribution >= 0.6 is 11.6 Å². The Morgan fingerprint density at radius 1 is 0.914 bits per heavy atom. The molecule has 0 radical (unpaired) electrons. The number of anilines is 1. The Labute approximate surface area is 206 Å². The van der Waals surface area contributed by atoms with Crippen molar-refractivity contribution in [2.75, 3.05) is 5.32 Å². The predicted octanol–water partition coefficient (Wildman–Crippen LogP) is 5.84. The van der Waals surface area contributed by atoms with E-state index in [1.54, 1.807) is 33.0 Å². The van der Waals surface area contributed by atoms with Crippen LogP contribution in [-0.2, 0) is 4.79 Å². The van der Waals surface area contributed by atoms with Crippen LogP contribution in [0.25, 0.3) is 44.6 Å². The van der Waals surface area contributed by atoms with E-state index in [1.165, 1.54) is 6.07 Å². The molecule has 3 heterocycles. The first-order valence-electron chi connectivity index (χ1n) is 11.1. The first-order chi connectivity index (χ1) is 16.7. The standard InChI is InChI=1S/C27H22ClN5O2/c1-27(2,3)26(35)31-20-14-19(34)24-25(30-20)33-22(15-8-5-4-6-9-15)23(32-24)17-12-16-10-7-11-29-21(16)18(28)13-17/h4-14H,1-3H3,(H2,30,31,33,34,35). The number of hydrogen-bond acceptors (Lipinski definition) is 5. The van der Waals surface area contributed by atoms with Crippen LogP contribution in [0.1, 0.15) is 20.8 Å². The molecule has 35 heavy (non-hydrogen) atoms. The first-order valence-corrected chi connectivity index (χ1v) is 11.4. The van der Waals surface area contributed by atoms with Gasteiger partial charge in [0, 0.05) is 34.2 Å². The first kappa shape index (κ1) is 22.7. The molecule has 1 amide bonds. The second-order valence-corrected chi connectivity index (χ2v) is 9.68. The van der Waals surface area contributed by atoms with Gasteiger partial charge in [-0.3, -0.25) is 14.6 Å². The van der Waals surface area contributed by atoms with Gasteiger partial charge in [0.05, 0.1) is 21.9 Å². The Kier molecular flexibility index (Phi) is 5.57. The molecule has 0 atom stereocenters. The number of carbonyl (C=O) groups is 1. The Balaban J connectivity index is 1.75. The molecule has 7 nitrogen and oxygen atoms in total. The minimum Gasteiger partial charge on any atom is -0.324 e. The van der Waals surface area contributed by atoms with Gasteiger partial charge in [0.2, 0.25) is 11.3 Å². The fraction of sp³-hybridized carbons (Fsp3) is 0.148. The van der Waals surface area contributed by atoms with Gasteiger partial charge in [0.15, 0.2) is 11.2 Å². The second kappa shape index (κ2) is 8.60. The summed E-state index contributed by atoms with van der Waals surface area (Å²) in [6, 6.07) is 18.4. The Hall–Kier alpha value is -4.10. The number of hydrogen-bond donors (Lipinski definition) is 2. The van der Waals surface area contributed by atoms with Crippen LogP contribution in [0.4, 0.5) is 5.82 Å². The highest BCUT2D eigenvalue weighted by atomic mass is 35.5. The van der Waals surface area contributed by atoms with Gasteiger partial charge in [-0.1, -0.05) is 68.8 Å². The van der Waals surface area contributed by atoms with Crippen LogP contribution in [0.2, 0.25) is 5.02 Å².